The molecule has 108 valence electrons. The van der Waals surface area contributed by atoms with E-state index in [1.807, 2.05) is 20.8 Å². The average molecular weight is 271 g/mol. The van der Waals surface area contributed by atoms with Gasteiger partial charge in [-0.3, -0.25) is 14.8 Å². The largest absolute Gasteiger partial charge is 0.389 e. The van der Waals surface area contributed by atoms with E-state index in [0.29, 0.717) is 30.8 Å². The van der Waals surface area contributed by atoms with E-state index < -0.39 is 11.0 Å². The van der Waals surface area contributed by atoms with Crippen molar-refractivity contribution in [2.75, 3.05) is 13.2 Å². The Hall–Kier alpha value is -1.47. The minimum Gasteiger partial charge on any atom is -0.389 e. The summed E-state index contributed by atoms with van der Waals surface area (Å²) in [4.78, 5) is 10.7. The summed E-state index contributed by atoms with van der Waals surface area (Å²) in [7, 11) is 0. The summed E-state index contributed by atoms with van der Waals surface area (Å²) in [5.41, 5.74) is 1.09. The third-order valence-corrected chi connectivity index (χ3v) is 2.85. The zero-order valence-electron chi connectivity index (χ0n) is 11.6. The first kappa shape index (κ1) is 15.6. The summed E-state index contributed by atoms with van der Waals surface area (Å²) in [6.07, 6.45) is 0.289. The van der Waals surface area contributed by atoms with Crippen molar-refractivity contribution >= 4 is 5.69 Å². The molecule has 0 saturated carbocycles. The Morgan fingerprint density at radius 1 is 1.42 bits per heavy atom. The molecule has 7 heteroatoms. The molecule has 1 N–H and O–H groups in total. The molecule has 0 radical (unpaired) electrons. The molecule has 0 bridgehead atoms. The van der Waals surface area contributed by atoms with E-state index in [1.165, 1.54) is 4.68 Å². The van der Waals surface area contributed by atoms with E-state index >= 15 is 0 Å². The first-order valence-corrected chi connectivity index (χ1v) is 6.53. The number of aromatic nitrogens is 2. The summed E-state index contributed by atoms with van der Waals surface area (Å²) < 4.78 is 6.66. The Balaban J connectivity index is 2.97. The van der Waals surface area contributed by atoms with E-state index in [4.69, 9.17) is 4.74 Å². The summed E-state index contributed by atoms with van der Waals surface area (Å²) in [6.45, 7) is 6.46. The highest BCUT2D eigenvalue weighted by Gasteiger charge is 2.26. The maximum atomic E-state index is 11.1. The Kier molecular flexibility index (Phi) is 5.91. The van der Waals surface area contributed by atoms with Gasteiger partial charge in [0.25, 0.3) is 0 Å². The number of ether oxygens (including phenoxy) is 1. The smallest absolute Gasteiger partial charge is 0.313 e. The molecule has 0 aliphatic carbocycles. The lowest BCUT2D eigenvalue weighted by Crippen LogP contribution is -2.23. The highest BCUT2D eigenvalue weighted by atomic mass is 16.6. The number of nitrogens with zero attached hydrogens (tertiary/aromatic N) is 3. The zero-order valence-corrected chi connectivity index (χ0v) is 11.6. The van der Waals surface area contributed by atoms with Crippen molar-refractivity contribution in [1.29, 1.82) is 0 Å². The van der Waals surface area contributed by atoms with Crippen LogP contribution in [0, 0.1) is 10.1 Å². The molecular formula is C12H21N3O4. The molecule has 0 aliphatic heterocycles. The minimum absolute atomic E-state index is 0.0774. The van der Waals surface area contributed by atoms with Gasteiger partial charge < -0.3 is 9.84 Å². The van der Waals surface area contributed by atoms with Gasteiger partial charge in [-0.25, -0.2) is 0 Å². The normalized spacial score (nSPS) is 12.6. The van der Waals surface area contributed by atoms with Crippen LogP contribution < -0.4 is 0 Å². The van der Waals surface area contributed by atoms with Crippen LogP contribution >= 0.6 is 0 Å². The summed E-state index contributed by atoms with van der Waals surface area (Å²) in [6, 6.07) is 0. The molecule has 1 rings (SSSR count). The van der Waals surface area contributed by atoms with Crippen LogP contribution in [0.15, 0.2) is 0 Å². The number of aryl methyl sites for hydroxylation is 1. The fourth-order valence-corrected chi connectivity index (χ4v) is 2.00. The molecule has 0 aliphatic rings. The fourth-order valence-electron chi connectivity index (χ4n) is 2.00. The summed E-state index contributed by atoms with van der Waals surface area (Å²) in [5, 5.41) is 25.1. The summed E-state index contributed by atoms with van der Waals surface area (Å²) >= 11 is 0. The zero-order chi connectivity index (χ0) is 14.4. The lowest BCUT2D eigenvalue weighted by Gasteiger charge is -2.11. The molecule has 0 fully saturated rings. The number of hydrogen-bond donors (Lipinski definition) is 1. The lowest BCUT2D eigenvalue weighted by atomic mass is 10.2. The van der Waals surface area contributed by atoms with Gasteiger partial charge in [-0.15, -0.1) is 0 Å². The van der Waals surface area contributed by atoms with Crippen LogP contribution in [0.4, 0.5) is 5.69 Å². The molecular weight excluding hydrogens is 250 g/mol. The van der Waals surface area contributed by atoms with E-state index in [1.54, 1.807) is 0 Å². The molecule has 1 aromatic heterocycles. The maximum Gasteiger partial charge on any atom is 0.313 e. The Bertz CT molecular complexity index is 431. The van der Waals surface area contributed by atoms with Gasteiger partial charge in [0.05, 0.1) is 24.2 Å². The summed E-state index contributed by atoms with van der Waals surface area (Å²) in [5.74, 6) is 0. The number of nitro groups is 1. The molecule has 0 saturated heterocycles. The van der Waals surface area contributed by atoms with E-state index in [2.05, 4.69) is 5.10 Å². The monoisotopic (exact) mass is 271 g/mol. The van der Waals surface area contributed by atoms with Crippen molar-refractivity contribution < 1.29 is 14.8 Å². The van der Waals surface area contributed by atoms with Gasteiger partial charge in [-0.2, -0.15) is 5.10 Å². The Morgan fingerprint density at radius 2 is 2.11 bits per heavy atom. The van der Waals surface area contributed by atoms with Crippen LogP contribution in [-0.2, 0) is 24.1 Å². The number of hydrogen-bond acceptors (Lipinski definition) is 5. The third kappa shape index (κ3) is 3.74. The number of aliphatic hydroxyl groups excluding tert-OH is 1. The van der Waals surface area contributed by atoms with Gasteiger partial charge >= 0.3 is 5.69 Å². The van der Waals surface area contributed by atoms with Gasteiger partial charge in [0.15, 0.2) is 0 Å². The van der Waals surface area contributed by atoms with Crippen molar-refractivity contribution in [2.45, 2.75) is 46.3 Å². The third-order valence-electron chi connectivity index (χ3n) is 2.85. The molecule has 1 unspecified atom stereocenters. The molecule has 0 amide bonds. The molecule has 1 heterocycles. The van der Waals surface area contributed by atoms with Crippen molar-refractivity contribution in [3.05, 3.63) is 21.5 Å². The van der Waals surface area contributed by atoms with Crippen LogP contribution in [0.1, 0.15) is 32.2 Å². The highest BCUT2D eigenvalue weighted by Crippen LogP contribution is 2.24. The van der Waals surface area contributed by atoms with Crippen molar-refractivity contribution in [3.8, 4) is 0 Å². The second-order valence-corrected chi connectivity index (χ2v) is 4.20. The first-order chi connectivity index (χ1) is 9.04. The lowest BCUT2D eigenvalue weighted by molar-refractivity contribution is -0.386. The van der Waals surface area contributed by atoms with Gasteiger partial charge in [0.1, 0.15) is 11.4 Å². The van der Waals surface area contributed by atoms with Crippen molar-refractivity contribution in [2.24, 2.45) is 0 Å². The van der Waals surface area contributed by atoms with E-state index in [-0.39, 0.29) is 18.8 Å². The molecule has 0 aromatic carbocycles. The fraction of sp³-hybridized carbons (Fsp3) is 0.750. The van der Waals surface area contributed by atoms with Gasteiger partial charge in [-0.1, -0.05) is 13.8 Å². The average Bonchev–Trinajstić information content (AvgIpc) is 2.73. The standard InChI is InChI=1S/C12H21N3O4/c1-4-10-12(15(17)18)11(5-2)14(13-10)7-9(16)8-19-6-3/h9,16H,4-8H2,1-3H3. The predicted octanol–water partition coefficient (Wildman–Crippen LogP) is 1.31. The molecule has 0 spiro atoms. The minimum atomic E-state index is -0.713. The Morgan fingerprint density at radius 3 is 2.58 bits per heavy atom. The van der Waals surface area contributed by atoms with Crippen molar-refractivity contribution in [1.82, 2.24) is 9.78 Å². The van der Waals surface area contributed by atoms with E-state index in [9.17, 15) is 15.2 Å². The second kappa shape index (κ2) is 7.20. The second-order valence-electron chi connectivity index (χ2n) is 4.20. The van der Waals surface area contributed by atoms with Gasteiger partial charge in [0, 0.05) is 6.61 Å². The first-order valence-electron chi connectivity index (χ1n) is 6.53. The number of rotatable bonds is 8. The molecule has 19 heavy (non-hydrogen) atoms. The quantitative estimate of drug-likeness (QED) is 0.568. The SMILES string of the molecule is CCOCC(O)Cn1nc(CC)c([N+](=O)[O-])c1CC. The highest BCUT2D eigenvalue weighted by molar-refractivity contribution is 5.41. The van der Waals surface area contributed by atoms with Crippen LogP contribution in [0.25, 0.3) is 0 Å². The van der Waals surface area contributed by atoms with Crippen LogP contribution in [-0.4, -0.2) is 39.1 Å². The van der Waals surface area contributed by atoms with Gasteiger partial charge in [-0.05, 0) is 19.8 Å². The van der Waals surface area contributed by atoms with E-state index in [0.717, 1.165) is 0 Å². The molecule has 1 aromatic rings. The molecule has 7 nitrogen and oxygen atoms in total. The van der Waals surface area contributed by atoms with Crippen LogP contribution in [0.5, 0.6) is 0 Å². The van der Waals surface area contributed by atoms with Crippen LogP contribution in [0.2, 0.25) is 0 Å². The van der Waals surface area contributed by atoms with Crippen molar-refractivity contribution in [3.63, 3.8) is 0 Å². The van der Waals surface area contributed by atoms with Crippen LogP contribution in [0.3, 0.4) is 0 Å². The molecule has 1 atom stereocenters. The van der Waals surface area contributed by atoms with Gasteiger partial charge in [0.2, 0.25) is 0 Å². The number of aliphatic hydroxyl groups is 1. The predicted molar refractivity (Wildman–Crippen MR) is 70.1 cm³/mol. The topological polar surface area (TPSA) is 90.4 Å². The maximum absolute atomic E-state index is 11.1. The Labute approximate surface area is 112 Å².